The van der Waals surface area contributed by atoms with Crippen LogP contribution in [0.1, 0.15) is 26.0 Å². The molecule has 0 spiro atoms. The lowest BCUT2D eigenvalue weighted by atomic mass is 10.0. The van der Waals surface area contributed by atoms with Gasteiger partial charge in [-0.2, -0.15) is 0 Å². The number of aryl methyl sites for hydroxylation is 1. The van der Waals surface area contributed by atoms with E-state index in [2.05, 4.69) is 12.1 Å². The molecule has 0 bridgehead atoms. The molecule has 1 aliphatic heterocycles. The molecule has 1 unspecified atom stereocenters. The standard InChI is InChI=1S/C15H15NO2S2/c1-9-12(16)6-14(20-9)15(17)18-7-10-8-19-13-5-3-2-4-11(10)13/h2-6,10H,7-8,16H2,1H3. The molecule has 2 N–H and O–H groups in total. The second-order valence-corrected chi connectivity index (χ2v) is 7.08. The molecule has 0 amide bonds. The van der Waals surface area contributed by atoms with Gasteiger partial charge < -0.3 is 10.5 Å². The van der Waals surface area contributed by atoms with E-state index in [0.29, 0.717) is 23.1 Å². The quantitative estimate of drug-likeness (QED) is 0.879. The first-order valence-electron chi connectivity index (χ1n) is 6.40. The van der Waals surface area contributed by atoms with Crippen molar-refractivity contribution in [1.82, 2.24) is 0 Å². The first-order chi connectivity index (χ1) is 9.65. The van der Waals surface area contributed by atoms with E-state index in [0.717, 1.165) is 10.6 Å². The molecule has 104 valence electrons. The number of ether oxygens (including phenoxy) is 1. The zero-order chi connectivity index (χ0) is 14.1. The lowest BCUT2D eigenvalue weighted by molar-refractivity contribution is 0.0493. The number of benzene rings is 1. The summed E-state index contributed by atoms with van der Waals surface area (Å²) in [4.78, 5) is 14.8. The van der Waals surface area contributed by atoms with Crippen LogP contribution >= 0.6 is 23.1 Å². The largest absolute Gasteiger partial charge is 0.461 e. The second kappa shape index (κ2) is 5.50. The molecule has 0 saturated heterocycles. The third kappa shape index (κ3) is 2.55. The first-order valence-corrected chi connectivity index (χ1v) is 8.20. The maximum absolute atomic E-state index is 12.0. The minimum absolute atomic E-state index is 0.274. The number of anilines is 1. The Kier molecular flexibility index (Phi) is 3.72. The number of thiophene rings is 1. The molecule has 1 aliphatic rings. The first kappa shape index (κ1) is 13.5. The van der Waals surface area contributed by atoms with Crippen LogP contribution in [-0.4, -0.2) is 18.3 Å². The number of carbonyl (C=O) groups is 1. The summed E-state index contributed by atoms with van der Waals surface area (Å²) < 4.78 is 5.44. The third-order valence-electron chi connectivity index (χ3n) is 3.37. The molecule has 1 aromatic carbocycles. The number of rotatable bonds is 3. The fraction of sp³-hybridized carbons (Fsp3) is 0.267. The molecule has 2 aromatic rings. The summed E-state index contributed by atoms with van der Waals surface area (Å²) in [6, 6.07) is 9.99. The van der Waals surface area contributed by atoms with Crippen LogP contribution in [0.4, 0.5) is 5.69 Å². The number of carbonyl (C=O) groups excluding carboxylic acids is 1. The summed E-state index contributed by atoms with van der Waals surface area (Å²) in [5.41, 5.74) is 7.70. The van der Waals surface area contributed by atoms with Crippen LogP contribution in [0.3, 0.4) is 0 Å². The average molecular weight is 305 g/mol. The van der Waals surface area contributed by atoms with Gasteiger partial charge in [0.15, 0.2) is 0 Å². The predicted molar refractivity (Wildman–Crippen MR) is 83.7 cm³/mol. The molecule has 1 aromatic heterocycles. The number of nitrogens with two attached hydrogens (primary N) is 1. The lowest BCUT2D eigenvalue weighted by Crippen LogP contribution is -2.12. The summed E-state index contributed by atoms with van der Waals surface area (Å²) >= 11 is 3.21. The molecule has 3 rings (SSSR count). The maximum atomic E-state index is 12.0. The fourth-order valence-electron chi connectivity index (χ4n) is 2.21. The van der Waals surface area contributed by atoms with Gasteiger partial charge in [-0.05, 0) is 24.6 Å². The highest BCUT2D eigenvalue weighted by molar-refractivity contribution is 7.99. The monoisotopic (exact) mass is 305 g/mol. The lowest BCUT2D eigenvalue weighted by Gasteiger charge is -2.10. The highest BCUT2D eigenvalue weighted by Gasteiger charge is 2.24. The Labute approximate surface area is 126 Å². The van der Waals surface area contributed by atoms with Crippen molar-refractivity contribution in [3.05, 3.63) is 45.6 Å². The van der Waals surface area contributed by atoms with Gasteiger partial charge in [0.05, 0.1) is 6.61 Å². The molecule has 5 heteroatoms. The van der Waals surface area contributed by atoms with Crippen LogP contribution in [0.25, 0.3) is 0 Å². The van der Waals surface area contributed by atoms with E-state index in [9.17, 15) is 4.79 Å². The van der Waals surface area contributed by atoms with Crippen molar-refractivity contribution >= 4 is 34.8 Å². The Hall–Kier alpha value is -1.46. The van der Waals surface area contributed by atoms with Gasteiger partial charge in [0.1, 0.15) is 4.88 Å². The third-order valence-corrected chi connectivity index (χ3v) is 5.67. The molecule has 0 fully saturated rings. The topological polar surface area (TPSA) is 52.3 Å². The van der Waals surface area contributed by atoms with Crippen molar-refractivity contribution in [2.75, 3.05) is 18.1 Å². The summed E-state index contributed by atoms with van der Waals surface area (Å²) in [5, 5.41) is 0. The number of fused-ring (bicyclic) bond motifs is 1. The second-order valence-electron chi connectivity index (χ2n) is 4.77. The molecular formula is C15H15NO2S2. The molecule has 2 heterocycles. The van der Waals surface area contributed by atoms with Gasteiger partial charge in [-0.25, -0.2) is 4.79 Å². The van der Waals surface area contributed by atoms with Crippen LogP contribution in [0.15, 0.2) is 35.2 Å². The molecular weight excluding hydrogens is 290 g/mol. The van der Waals surface area contributed by atoms with Gasteiger partial charge in [0, 0.05) is 27.1 Å². The minimum Gasteiger partial charge on any atom is -0.461 e. The maximum Gasteiger partial charge on any atom is 0.348 e. The van der Waals surface area contributed by atoms with Gasteiger partial charge in [-0.1, -0.05) is 18.2 Å². The summed E-state index contributed by atoms with van der Waals surface area (Å²) in [6.45, 7) is 2.33. The number of hydrogen-bond donors (Lipinski definition) is 1. The van der Waals surface area contributed by atoms with E-state index < -0.39 is 0 Å². The minimum atomic E-state index is -0.274. The van der Waals surface area contributed by atoms with Crippen molar-refractivity contribution < 1.29 is 9.53 Å². The number of hydrogen-bond acceptors (Lipinski definition) is 5. The van der Waals surface area contributed by atoms with E-state index in [4.69, 9.17) is 10.5 Å². The zero-order valence-electron chi connectivity index (χ0n) is 11.1. The van der Waals surface area contributed by atoms with Crippen molar-refractivity contribution in [1.29, 1.82) is 0 Å². The smallest absolute Gasteiger partial charge is 0.348 e. The Bertz CT molecular complexity index is 632. The van der Waals surface area contributed by atoms with Crippen molar-refractivity contribution in [2.45, 2.75) is 17.7 Å². The van der Waals surface area contributed by atoms with Gasteiger partial charge in [-0.15, -0.1) is 23.1 Å². The summed E-state index contributed by atoms with van der Waals surface area (Å²) in [7, 11) is 0. The van der Waals surface area contributed by atoms with Gasteiger partial charge in [0.2, 0.25) is 0 Å². The van der Waals surface area contributed by atoms with E-state index in [1.807, 2.05) is 30.8 Å². The Balaban J connectivity index is 1.65. The van der Waals surface area contributed by atoms with Crippen LogP contribution in [0.2, 0.25) is 0 Å². The average Bonchev–Trinajstić information content (AvgIpc) is 3.01. The van der Waals surface area contributed by atoms with E-state index in [1.54, 1.807) is 6.07 Å². The molecule has 20 heavy (non-hydrogen) atoms. The summed E-state index contributed by atoms with van der Waals surface area (Å²) in [6.07, 6.45) is 0. The van der Waals surface area contributed by atoms with Gasteiger partial charge >= 0.3 is 5.97 Å². The summed E-state index contributed by atoms with van der Waals surface area (Å²) in [5.74, 6) is 0.987. The van der Waals surface area contributed by atoms with E-state index in [-0.39, 0.29) is 5.97 Å². The van der Waals surface area contributed by atoms with E-state index in [1.165, 1.54) is 21.8 Å². The van der Waals surface area contributed by atoms with Crippen LogP contribution in [0.5, 0.6) is 0 Å². The van der Waals surface area contributed by atoms with Crippen LogP contribution < -0.4 is 5.73 Å². The molecule has 0 saturated carbocycles. The molecule has 1 atom stereocenters. The molecule has 3 nitrogen and oxygen atoms in total. The van der Waals surface area contributed by atoms with Gasteiger partial charge in [0.25, 0.3) is 0 Å². The van der Waals surface area contributed by atoms with Crippen molar-refractivity contribution in [2.24, 2.45) is 0 Å². The highest BCUT2D eigenvalue weighted by Crippen LogP contribution is 2.39. The fourth-order valence-corrected chi connectivity index (χ4v) is 4.28. The van der Waals surface area contributed by atoms with Crippen LogP contribution in [0, 0.1) is 6.92 Å². The SMILES string of the molecule is Cc1sc(C(=O)OCC2CSc3ccccc32)cc1N. The highest BCUT2D eigenvalue weighted by atomic mass is 32.2. The molecule has 0 radical (unpaired) electrons. The van der Waals surface area contributed by atoms with Gasteiger partial charge in [-0.3, -0.25) is 0 Å². The Morgan fingerprint density at radius 2 is 2.25 bits per heavy atom. The van der Waals surface area contributed by atoms with E-state index >= 15 is 0 Å². The van der Waals surface area contributed by atoms with Crippen molar-refractivity contribution in [3.63, 3.8) is 0 Å². The number of nitrogen functional groups attached to an aromatic ring is 1. The predicted octanol–water partition coefficient (Wildman–Crippen LogP) is 3.69. The zero-order valence-corrected chi connectivity index (χ0v) is 12.7. The Morgan fingerprint density at radius 1 is 1.45 bits per heavy atom. The number of thioether (sulfide) groups is 1. The molecule has 0 aliphatic carbocycles. The van der Waals surface area contributed by atoms with Crippen LogP contribution in [-0.2, 0) is 4.74 Å². The normalized spacial score (nSPS) is 16.9. The number of esters is 1. The van der Waals surface area contributed by atoms with Crippen molar-refractivity contribution in [3.8, 4) is 0 Å². The Morgan fingerprint density at radius 3 is 3.00 bits per heavy atom.